The molecule has 0 radical (unpaired) electrons. The number of hydrogen-bond donors (Lipinski definition) is 0. The Morgan fingerprint density at radius 2 is 1.80 bits per heavy atom. The van der Waals surface area contributed by atoms with Crippen LogP contribution in [0.2, 0.25) is 0 Å². The van der Waals surface area contributed by atoms with E-state index >= 15 is 0 Å². The van der Waals surface area contributed by atoms with E-state index in [9.17, 15) is 4.39 Å². The van der Waals surface area contributed by atoms with Crippen molar-refractivity contribution in [3.63, 3.8) is 0 Å². The second-order valence-corrected chi connectivity index (χ2v) is 9.66. The van der Waals surface area contributed by atoms with E-state index < -0.39 is 5.82 Å². The number of imidazole rings is 1. The van der Waals surface area contributed by atoms with Crippen molar-refractivity contribution < 1.29 is 4.39 Å². The highest BCUT2D eigenvalue weighted by molar-refractivity contribution is 5.79. The molecule has 2 aliphatic heterocycles. The van der Waals surface area contributed by atoms with E-state index in [0.717, 1.165) is 42.2 Å². The molecule has 0 spiro atoms. The summed E-state index contributed by atoms with van der Waals surface area (Å²) in [6, 6.07) is 7.03. The summed E-state index contributed by atoms with van der Waals surface area (Å²) < 4.78 is 16.0. The molecule has 0 aromatic carbocycles. The number of likely N-dealkylation sites (tertiary alicyclic amines) is 2. The summed E-state index contributed by atoms with van der Waals surface area (Å²) >= 11 is 0. The smallest absolute Gasteiger partial charge is 0.164 e. The van der Waals surface area contributed by atoms with Gasteiger partial charge < -0.3 is 4.57 Å². The molecule has 2 aliphatic rings. The van der Waals surface area contributed by atoms with E-state index in [2.05, 4.69) is 43.8 Å². The van der Waals surface area contributed by atoms with Crippen LogP contribution in [0.5, 0.6) is 0 Å². The van der Waals surface area contributed by atoms with E-state index in [4.69, 9.17) is 9.97 Å². The first-order chi connectivity index (χ1) is 17.0. The first-order valence-corrected chi connectivity index (χ1v) is 12.2. The van der Waals surface area contributed by atoms with Crippen LogP contribution in [0.4, 0.5) is 4.39 Å². The summed E-state index contributed by atoms with van der Waals surface area (Å²) in [7, 11) is 0. The van der Waals surface area contributed by atoms with Crippen LogP contribution in [0.25, 0.3) is 22.6 Å². The molecule has 180 valence electrons. The Balaban J connectivity index is 1.28. The number of nitrogens with zero attached hydrogens (tertiary/aromatic N) is 8. The zero-order chi connectivity index (χ0) is 24.1. The molecule has 4 aromatic heterocycles. The van der Waals surface area contributed by atoms with Crippen molar-refractivity contribution >= 4 is 11.2 Å². The van der Waals surface area contributed by atoms with Crippen LogP contribution >= 0.6 is 0 Å². The van der Waals surface area contributed by atoms with Gasteiger partial charge in [0.2, 0.25) is 0 Å². The zero-order valence-electron chi connectivity index (χ0n) is 20.3. The Morgan fingerprint density at radius 1 is 0.971 bits per heavy atom. The number of likely N-dealkylation sites (N-methyl/N-ethyl adjacent to an activating group) is 1. The topological polar surface area (TPSA) is 75.9 Å². The minimum Gasteiger partial charge on any atom is -0.304 e. The van der Waals surface area contributed by atoms with Crippen LogP contribution in [0.15, 0.2) is 36.8 Å². The molecule has 0 N–H and O–H groups in total. The first-order valence-electron chi connectivity index (χ1n) is 12.2. The van der Waals surface area contributed by atoms with Gasteiger partial charge in [-0.15, -0.1) is 0 Å². The van der Waals surface area contributed by atoms with Crippen molar-refractivity contribution in [1.29, 1.82) is 0 Å². The van der Waals surface area contributed by atoms with Gasteiger partial charge in [0.1, 0.15) is 23.0 Å². The number of hydrogen-bond acceptors (Lipinski definition) is 7. The molecule has 0 aliphatic carbocycles. The number of halogens is 1. The predicted molar refractivity (Wildman–Crippen MR) is 131 cm³/mol. The average molecular weight is 473 g/mol. The molecular formula is C26H29FN8. The van der Waals surface area contributed by atoms with E-state index in [-0.39, 0.29) is 0 Å². The van der Waals surface area contributed by atoms with E-state index in [1.807, 2.05) is 24.6 Å². The third kappa shape index (κ3) is 4.08. The largest absolute Gasteiger partial charge is 0.304 e. The fourth-order valence-electron chi connectivity index (χ4n) is 5.62. The molecule has 2 bridgehead atoms. The van der Waals surface area contributed by atoms with Crippen LogP contribution in [0.3, 0.4) is 0 Å². The van der Waals surface area contributed by atoms with Crippen LogP contribution in [0.1, 0.15) is 36.1 Å². The van der Waals surface area contributed by atoms with Crippen molar-refractivity contribution in [2.45, 2.75) is 52.4 Å². The molecule has 2 saturated heterocycles. The Labute approximate surface area is 203 Å². The summed E-state index contributed by atoms with van der Waals surface area (Å²) in [6.45, 7) is 10.9. The van der Waals surface area contributed by atoms with Gasteiger partial charge in [-0.05, 0) is 44.5 Å². The van der Waals surface area contributed by atoms with Gasteiger partial charge in [0.25, 0.3) is 0 Å². The normalized spacial score (nSPS) is 20.3. The maximum absolute atomic E-state index is 14.0. The molecule has 4 aromatic rings. The molecule has 0 unspecified atom stereocenters. The third-order valence-corrected chi connectivity index (χ3v) is 7.31. The van der Waals surface area contributed by atoms with Crippen LogP contribution < -0.4 is 0 Å². The third-order valence-electron chi connectivity index (χ3n) is 7.31. The average Bonchev–Trinajstić information content (AvgIpc) is 3.53. The molecule has 6 heterocycles. The summed E-state index contributed by atoms with van der Waals surface area (Å²) in [5.41, 5.74) is 4.97. The van der Waals surface area contributed by atoms with Crippen molar-refractivity contribution in [2.24, 2.45) is 0 Å². The lowest BCUT2D eigenvalue weighted by molar-refractivity contribution is 0.126. The second-order valence-electron chi connectivity index (χ2n) is 9.66. The van der Waals surface area contributed by atoms with Gasteiger partial charge in [-0.3, -0.25) is 19.8 Å². The highest BCUT2D eigenvalue weighted by Gasteiger charge is 2.42. The van der Waals surface area contributed by atoms with Crippen LogP contribution in [-0.2, 0) is 13.1 Å². The quantitative estimate of drug-likeness (QED) is 0.426. The lowest BCUT2D eigenvalue weighted by Crippen LogP contribution is -2.45. The molecular weight excluding hydrogens is 443 g/mol. The molecule has 2 fully saturated rings. The summed E-state index contributed by atoms with van der Waals surface area (Å²) in [5, 5.41) is 0. The number of aromatic nitrogens is 6. The van der Waals surface area contributed by atoms with Crippen molar-refractivity contribution in [1.82, 2.24) is 39.3 Å². The minimum atomic E-state index is -0.399. The Kier molecular flexibility index (Phi) is 5.53. The van der Waals surface area contributed by atoms with Crippen molar-refractivity contribution in [3.8, 4) is 11.4 Å². The van der Waals surface area contributed by atoms with Gasteiger partial charge >= 0.3 is 0 Å². The summed E-state index contributed by atoms with van der Waals surface area (Å²) in [4.78, 5) is 27.9. The molecule has 9 heteroatoms. The lowest BCUT2D eigenvalue weighted by Gasteiger charge is -2.33. The van der Waals surface area contributed by atoms with Gasteiger partial charge in [-0.2, -0.15) is 0 Å². The number of pyridine rings is 2. The highest BCUT2D eigenvalue weighted by Crippen LogP contribution is 2.31. The monoisotopic (exact) mass is 472 g/mol. The number of rotatable bonds is 6. The SMILES string of the molecule is CCN1C[C@@H]2C[C@H]1CN2Cc1ccc(Cn2c(-c3cncc(F)c3)nc3c(C)nc(C)nc32)cn1. The van der Waals surface area contributed by atoms with E-state index in [0.29, 0.717) is 41.4 Å². The fraction of sp³-hybridized carbons (Fsp3) is 0.423. The number of aryl methyl sites for hydroxylation is 2. The van der Waals surface area contributed by atoms with Gasteiger partial charge in [0.15, 0.2) is 5.65 Å². The lowest BCUT2D eigenvalue weighted by atomic mass is 10.2. The molecule has 2 atom stereocenters. The Morgan fingerprint density at radius 3 is 2.51 bits per heavy atom. The maximum atomic E-state index is 14.0. The molecule has 8 nitrogen and oxygen atoms in total. The van der Waals surface area contributed by atoms with Crippen LogP contribution in [-0.4, -0.2) is 71.0 Å². The van der Waals surface area contributed by atoms with Gasteiger partial charge in [-0.1, -0.05) is 13.0 Å². The van der Waals surface area contributed by atoms with Crippen molar-refractivity contribution in [2.75, 3.05) is 19.6 Å². The predicted octanol–water partition coefficient (Wildman–Crippen LogP) is 3.37. The molecule has 35 heavy (non-hydrogen) atoms. The van der Waals surface area contributed by atoms with Crippen molar-refractivity contribution in [3.05, 3.63) is 65.4 Å². The number of piperazine rings is 1. The minimum absolute atomic E-state index is 0.399. The molecule has 0 saturated carbocycles. The van der Waals surface area contributed by atoms with Crippen LogP contribution in [0, 0.1) is 19.7 Å². The molecule has 0 amide bonds. The highest BCUT2D eigenvalue weighted by atomic mass is 19.1. The fourth-order valence-corrected chi connectivity index (χ4v) is 5.62. The Bertz CT molecular complexity index is 1380. The zero-order valence-corrected chi connectivity index (χ0v) is 20.3. The standard InChI is InChI=1S/C26H29FN8/c1-4-33-14-23-8-22(33)15-34(23)13-21-6-5-18(9-29-21)12-35-25(19-7-20(27)11-28-10-19)32-24-16(2)30-17(3)31-26(24)35/h5-7,9-11,22-23H,4,8,12-15H2,1-3H3/t22-,23-/m0/s1. The van der Waals surface area contributed by atoms with Gasteiger partial charge in [0.05, 0.1) is 24.1 Å². The summed E-state index contributed by atoms with van der Waals surface area (Å²) in [6.07, 6.45) is 6.03. The van der Waals surface area contributed by atoms with Gasteiger partial charge in [-0.25, -0.2) is 19.3 Å². The number of fused-ring (bicyclic) bond motifs is 3. The van der Waals surface area contributed by atoms with Gasteiger partial charge in [0, 0.05) is 49.7 Å². The van der Waals surface area contributed by atoms with E-state index in [1.165, 1.54) is 25.2 Å². The second kappa shape index (κ2) is 8.73. The maximum Gasteiger partial charge on any atom is 0.164 e. The first kappa shape index (κ1) is 22.2. The van der Waals surface area contributed by atoms with E-state index in [1.54, 1.807) is 6.20 Å². The Hall–Kier alpha value is -3.30. The molecule has 6 rings (SSSR count). The summed E-state index contributed by atoms with van der Waals surface area (Å²) in [5.74, 6) is 0.895.